The molecule has 0 aliphatic rings. The molecule has 0 aliphatic carbocycles. The van der Waals surface area contributed by atoms with E-state index < -0.39 is 17.6 Å². The van der Waals surface area contributed by atoms with Gasteiger partial charge in [-0.25, -0.2) is 4.79 Å². The minimum absolute atomic E-state index is 0.0993. The number of rotatable bonds is 5. The number of nitrogens with one attached hydrogen (secondary N) is 1. The summed E-state index contributed by atoms with van der Waals surface area (Å²) in [5.74, 6) is -0.159. The van der Waals surface area contributed by atoms with Crippen molar-refractivity contribution in [1.29, 1.82) is 0 Å². The van der Waals surface area contributed by atoms with Crippen LogP contribution in [0.25, 0.3) is 0 Å². The highest BCUT2D eigenvalue weighted by Crippen LogP contribution is 2.09. The molecule has 0 heterocycles. The van der Waals surface area contributed by atoms with Crippen LogP contribution in [0.4, 0.5) is 0 Å². The van der Waals surface area contributed by atoms with Crippen molar-refractivity contribution in [3.63, 3.8) is 0 Å². The number of carbonyl (C=O) groups is 2. The van der Waals surface area contributed by atoms with Gasteiger partial charge >= 0.3 is 5.97 Å². The fourth-order valence-electron chi connectivity index (χ4n) is 1.21. The van der Waals surface area contributed by atoms with E-state index in [0.717, 1.165) is 6.42 Å². The molecule has 1 unspecified atom stereocenters. The second kappa shape index (κ2) is 6.62. The molecule has 0 aliphatic heterocycles. The number of hydrogen-bond acceptors (Lipinski definition) is 3. The molecule has 17 heavy (non-hydrogen) atoms. The highest BCUT2D eigenvalue weighted by molar-refractivity contribution is 5.84. The molecule has 2 atom stereocenters. The zero-order valence-corrected chi connectivity index (χ0v) is 11.8. The Labute approximate surface area is 104 Å². The summed E-state index contributed by atoms with van der Waals surface area (Å²) in [5, 5.41) is 2.65. The Kier molecular flexibility index (Phi) is 6.21. The van der Waals surface area contributed by atoms with E-state index in [1.165, 1.54) is 0 Å². The molecule has 0 saturated carbocycles. The predicted molar refractivity (Wildman–Crippen MR) is 67.5 cm³/mol. The van der Waals surface area contributed by atoms with Gasteiger partial charge in [0.2, 0.25) is 5.91 Å². The maximum Gasteiger partial charge on any atom is 0.328 e. The summed E-state index contributed by atoms with van der Waals surface area (Å²) in [6.45, 7) is 11.1. The van der Waals surface area contributed by atoms with E-state index in [0.29, 0.717) is 12.3 Å². The fraction of sp³-hybridized carbons (Fsp3) is 0.846. The van der Waals surface area contributed by atoms with E-state index in [2.05, 4.69) is 5.32 Å². The van der Waals surface area contributed by atoms with Crippen molar-refractivity contribution in [2.24, 2.45) is 5.92 Å². The smallest absolute Gasteiger partial charge is 0.328 e. The van der Waals surface area contributed by atoms with Crippen LogP contribution in [0, 0.1) is 5.92 Å². The third kappa shape index (κ3) is 7.77. The van der Waals surface area contributed by atoms with Crippen LogP contribution in [0.2, 0.25) is 0 Å². The van der Waals surface area contributed by atoms with E-state index in [4.69, 9.17) is 4.74 Å². The fourth-order valence-corrected chi connectivity index (χ4v) is 1.21. The van der Waals surface area contributed by atoms with Gasteiger partial charge in [0.25, 0.3) is 0 Å². The third-order valence-electron chi connectivity index (χ3n) is 2.37. The summed E-state index contributed by atoms with van der Waals surface area (Å²) in [4.78, 5) is 23.2. The minimum Gasteiger partial charge on any atom is -0.458 e. The number of carbonyl (C=O) groups excluding carboxylic acids is 2. The first-order chi connectivity index (χ1) is 7.65. The monoisotopic (exact) mass is 243 g/mol. The largest absolute Gasteiger partial charge is 0.458 e. The highest BCUT2D eigenvalue weighted by atomic mass is 16.6. The second-order valence-corrected chi connectivity index (χ2v) is 5.54. The summed E-state index contributed by atoms with van der Waals surface area (Å²) in [7, 11) is 0. The van der Waals surface area contributed by atoms with Crippen LogP contribution in [-0.2, 0) is 14.3 Å². The maximum absolute atomic E-state index is 11.6. The van der Waals surface area contributed by atoms with Gasteiger partial charge in [0, 0.05) is 6.42 Å². The van der Waals surface area contributed by atoms with Gasteiger partial charge in [0.05, 0.1) is 0 Å². The SMILES string of the molecule is CCC(C)CC(=O)N[C@H](C)C(=O)OC(C)(C)C. The van der Waals surface area contributed by atoms with Gasteiger partial charge in [-0.3, -0.25) is 4.79 Å². The van der Waals surface area contributed by atoms with Crippen molar-refractivity contribution in [1.82, 2.24) is 5.32 Å². The van der Waals surface area contributed by atoms with Crippen LogP contribution in [0.15, 0.2) is 0 Å². The number of amides is 1. The predicted octanol–water partition coefficient (Wildman–Crippen LogP) is 2.27. The minimum atomic E-state index is -0.592. The molecule has 0 aromatic carbocycles. The van der Waals surface area contributed by atoms with Gasteiger partial charge in [-0.05, 0) is 33.6 Å². The van der Waals surface area contributed by atoms with Crippen molar-refractivity contribution in [3.8, 4) is 0 Å². The molecule has 0 saturated heterocycles. The van der Waals surface area contributed by atoms with Crippen LogP contribution in [-0.4, -0.2) is 23.5 Å². The van der Waals surface area contributed by atoms with E-state index in [1.54, 1.807) is 27.7 Å². The molecule has 4 heteroatoms. The third-order valence-corrected chi connectivity index (χ3v) is 2.37. The molecular weight excluding hydrogens is 218 g/mol. The number of ether oxygens (including phenoxy) is 1. The first-order valence-electron chi connectivity index (χ1n) is 6.18. The zero-order chi connectivity index (χ0) is 13.6. The summed E-state index contributed by atoms with van der Waals surface area (Å²) in [6.07, 6.45) is 1.40. The van der Waals surface area contributed by atoms with Crippen LogP contribution in [0.1, 0.15) is 54.4 Å². The van der Waals surface area contributed by atoms with Gasteiger partial charge in [-0.1, -0.05) is 20.3 Å². The summed E-state index contributed by atoms with van der Waals surface area (Å²) < 4.78 is 5.18. The quantitative estimate of drug-likeness (QED) is 0.754. The van der Waals surface area contributed by atoms with Crippen LogP contribution in [0.3, 0.4) is 0 Å². The molecule has 1 amide bonds. The van der Waals surface area contributed by atoms with E-state index in [-0.39, 0.29) is 5.91 Å². The summed E-state index contributed by atoms with van der Waals surface area (Å²) in [6, 6.07) is -0.592. The van der Waals surface area contributed by atoms with Crippen LogP contribution < -0.4 is 5.32 Å². The highest BCUT2D eigenvalue weighted by Gasteiger charge is 2.23. The molecule has 0 radical (unpaired) electrons. The lowest BCUT2D eigenvalue weighted by molar-refractivity contribution is -0.158. The first-order valence-corrected chi connectivity index (χ1v) is 6.18. The van der Waals surface area contributed by atoms with Gasteiger partial charge in [0.15, 0.2) is 0 Å². The standard InChI is InChI=1S/C13H25NO3/c1-7-9(2)8-11(15)14-10(3)12(16)17-13(4,5)6/h9-10H,7-8H2,1-6H3,(H,14,15)/t9?,10-/m1/s1. The van der Waals surface area contributed by atoms with Gasteiger partial charge in [-0.2, -0.15) is 0 Å². The van der Waals surface area contributed by atoms with Crippen molar-refractivity contribution in [2.75, 3.05) is 0 Å². The molecule has 0 fully saturated rings. The van der Waals surface area contributed by atoms with Gasteiger partial charge in [-0.15, -0.1) is 0 Å². The lowest BCUT2D eigenvalue weighted by Gasteiger charge is -2.23. The van der Waals surface area contributed by atoms with Crippen molar-refractivity contribution in [3.05, 3.63) is 0 Å². The molecule has 4 nitrogen and oxygen atoms in total. The van der Waals surface area contributed by atoms with Crippen LogP contribution in [0.5, 0.6) is 0 Å². The van der Waals surface area contributed by atoms with E-state index in [9.17, 15) is 9.59 Å². The Balaban J connectivity index is 4.12. The Morgan fingerprint density at radius 1 is 1.24 bits per heavy atom. The molecule has 0 bridgehead atoms. The van der Waals surface area contributed by atoms with Crippen molar-refractivity contribution >= 4 is 11.9 Å². The van der Waals surface area contributed by atoms with E-state index >= 15 is 0 Å². The molecule has 0 rings (SSSR count). The second-order valence-electron chi connectivity index (χ2n) is 5.54. The normalized spacial score (nSPS) is 14.9. The van der Waals surface area contributed by atoms with Crippen LogP contribution >= 0.6 is 0 Å². The Bertz CT molecular complexity index is 268. The van der Waals surface area contributed by atoms with E-state index in [1.807, 2.05) is 13.8 Å². The molecule has 0 aromatic heterocycles. The van der Waals surface area contributed by atoms with Crippen molar-refractivity contribution < 1.29 is 14.3 Å². The topological polar surface area (TPSA) is 55.4 Å². The number of hydrogen-bond donors (Lipinski definition) is 1. The molecule has 0 spiro atoms. The summed E-state index contributed by atoms with van der Waals surface area (Å²) >= 11 is 0. The van der Waals surface area contributed by atoms with Gasteiger partial charge < -0.3 is 10.1 Å². The Morgan fingerprint density at radius 3 is 2.18 bits per heavy atom. The molecular formula is C13H25NO3. The average Bonchev–Trinajstić information content (AvgIpc) is 2.14. The first kappa shape index (κ1) is 15.9. The lowest BCUT2D eigenvalue weighted by Crippen LogP contribution is -2.42. The number of esters is 1. The molecule has 0 aromatic rings. The maximum atomic E-state index is 11.6. The molecule has 1 N–H and O–H groups in total. The summed E-state index contributed by atoms with van der Waals surface area (Å²) in [5.41, 5.74) is -0.521. The zero-order valence-electron chi connectivity index (χ0n) is 11.8. The average molecular weight is 243 g/mol. The Morgan fingerprint density at radius 2 is 1.76 bits per heavy atom. The lowest BCUT2D eigenvalue weighted by atomic mass is 10.0. The van der Waals surface area contributed by atoms with Gasteiger partial charge in [0.1, 0.15) is 11.6 Å². The Hall–Kier alpha value is -1.06. The molecule has 100 valence electrons. The van der Waals surface area contributed by atoms with Crippen molar-refractivity contribution in [2.45, 2.75) is 66.0 Å².